The van der Waals surface area contributed by atoms with Gasteiger partial charge in [0.05, 0.1) is 0 Å². The first-order valence-corrected chi connectivity index (χ1v) is 5.18. The number of rotatable bonds is 5. The molecule has 1 N–H and O–H groups in total. The molecule has 0 heterocycles. The number of hydrogen-bond acceptors (Lipinski definition) is 2. The van der Waals surface area contributed by atoms with Crippen LogP contribution in [0.15, 0.2) is 18.2 Å². The van der Waals surface area contributed by atoms with Crippen LogP contribution in [0.5, 0.6) is 5.75 Å². The maximum Gasteiger partial charge on any atom is 0.341 e. The lowest BCUT2D eigenvalue weighted by Crippen LogP contribution is -2.10. The van der Waals surface area contributed by atoms with Crippen LogP contribution in [-0.2, 0) is 4.79 Å². The molecule has 0 aliphatic heterocycles. The summed E-state index contributed by atoms with van der Waals surface area (Å²) >= 11 is 0. The number of halogens is 1. The van der Waals surface area contributed by atoms with Crippen LogP contribution in [0.1, 0.15) is 31.7 Å². The summed E-state index contributed by atoms with van der Waals surface area (Å²) in [6, 6.07) is 4.56. The van der Waals surface area contributed by atoms with E-state index in [-0.39, 0.29) is 5.75 Å². The fourth-order valence-corrected chi connectivity index (χ4v) is 1.31. The highest BCUT2D eigenvalue weighted by atomic mass is 19.1. The van der Waals surface area contributed by atoms with E-state index in [1.807, 2.05) is 13.8 Å². The summed E-state index contributed by atoms with van der Waals surface area (Å²) in [7, 11) is 0. The molecule has 16 heavy (non-hydrogen) atoms. The van der Waals surface area contributed by atoms with E-state index in [2.05, 4.69) is 0 Å². The average molecular weight is 226 g/mol. The summed E-state index contributed by atoms with van der Waals surface area (Å²) in [5.41, 5.74) is 0.948. The number of hydrogen-bond donors (Lipinski definition) is 1. The molecule has 0 saturated carbocycles. The topological polar surface area (TPSA) is 46.5 Å². The van der Waals surface area contributed by atoms with Gasteiger partial charge in [0.25, 0.3) is 0 Å². The fourth-order valence-electron chi connectivity index (χ4n) is 1.31. The first-order valence-electron chi connectivity index (χ1n) is 5.18. The van der Waals surface area contributed by atoms with E-state index in [9.17, 15) is 9.18 Å². The summed E-state index contributed by atoms with van der Waals surface area (Å²) in [6.45, 7) is 3.53. The summed E-state index contributed by atoms with van der Waals surface area (Å²) in [6.07, 6.45) is 0.935. The molecule has 1 rings (SSSR count). The third-order valence-electron chi connectivity index (χ3n) is 2.49. The molecule has 0 amide bonds. The maximum absolute atomic E-state index is 13.3. The van der Waals surface area contributed by atoms with E-state index in [0.717, 1.165) is 12.0 Å². The lowest BCUT2D eigenvalue weighted by molar-refractivity contribution is -0.139. The first-order chi connectivity index (χ1) is 7.54. The zero-order chi connectivity index (χ0) is 12.1. The van der Waals surface area contributed by atoms with E-state index < -0.39 is 18.4 Å². The molecule has 0 bridgehead atoms. The van der Waals surface area contributed by atoms with Gasteiger partial charge in [-0.1, -0.05) is 19.9 Å². The van der Waals surface area contributed by atoms with Gasteiger partial charge in [-0.3, -0.25) is 0 Å². The Morgan fingerprint density at radius 1 is 1.56 bits per heavy atom. The Bertz CT molecular complexity index is 377. The van der Waals surface area contributed by atoms with Crippen LogP contribution in [0.2, 0.25) is 0 Å². The zero-order valence-corrected chi connectivity index (χ0v) is 9.37. The van der Waals surface area contributed by atoms with Crippen LogP contribution >= 0.6 is 0 Å². The molecule has 0 aliphatic rings. The van der Waals surface area contributed by atoms with Gasteiger partial charge >= 0.3 is 5.97 Å². The van der Waals surface area contributed by atoms with Crippen molar-refractivity contribution in [2.24, 2.45) is 0 Å². The monoisotopic (exact) mass is 226 g/mol. The van der Waals surface area contributed by atoms with Gasteiger partial charge in [0.1, 0.15) is 0 Å². The average Bonchev–Trinajstić information content (AvgIpc) is 2.26. The van der Waals surface area contributed by atoms with Gasteiger partial charge in [-0.05, 0) is 30.0 Å². The van der Waals surface area contributed by atoms with Crippen LogP contribution in [0.3, 0.4) is 0 Å². The minimum atomic E-state index is -1.12. The van der Waals surface area contributed by atoms with Gasteiger partial charge in [-0.2, -0.15) is 0 Å². The highest BCUT2D eigenvalue weighted by Crippen LogP contribution is 2.25. The Morgan fingerprint density at radius 2 is 2.25 bits per heavy atom. The van der Waals surface area contributed by atoms with Crippen molar-refractivity contribution in [3.63, 3.8) is 0 Å². The fraction of sp³-hybridized carbons (Fsp3) is 0.417. The molecule has 4 heteroatoms. The largest absolute Gasteiger partial charge is 0.479 e. The van der Waals surface area contributed by atoms with Crippen LogP contribution < -0.4 is 4.74 Å². The molecule has 3 nitrogen and oxygen atoms in total. The van der Waals surface area contributed by atoms with Crippen molar-refractivity contribution in [3.05, 3.63) is 29.6 Å². The Kier molecular flexibility index (Phi) is 4.28. The molecule has 1 aromatic carbocycles. The quantitative estimate of drug-likeness (QED) is 0.839. The SMILES string of the molecule is CCC(C)c1ccc(F)c(OCC(=O)O)c1. The van der Waals surface area contributed by atoms with E-state index in [0.29, 0.717) is 5.92 Å². The van der Waals surface area contributed by atoms with E-state index in [4.69, 9.17) is 9.84 Å². The van der Waals surface area contributed by atoms with Gasteiger partial charge in [-0.25, -0.2) is 9.18 Å². The lowest BCUT2D eigenvalue weighted by Gasteiger charge is -2.11. The Morgan fingerprint density at radius 3 is 2.81 bits per heavy atom. The molecular formula is C12H15FO3. The predicted octanol–water partition coefficient (Wildman–Crippen LogP) is 2.80. The maximum atomic E-state index is 13.3. The molecule has 1 atom stereocenters. The Hall–Kier alpha value is -1.58. The normalized spacial score (nSPS) is 12.2. The second-order valence-corrected chi connectivity index (χ2v) is 3.68. The third kappa shape index (κ3) is 3.22. The molecule has 0 fully saturated rings. The highest BCUT2D eigenvalue weighted by Gasteiger charge is 2.10. The number of ether oxygens (including phenoxy) is 1. The van der Waals surface area contributed by atoms with Gasteiger partial charge in [-0.15, -0.1) is 0 Å². The second kappa shape index (κ2) is 5.49. The molecule has 0 aromatic heterocycles. The zero-order valence-electron chi connectivity index (χ0n) is 9.37. The van der Waals surface area contributed by atoms with Crippen LogP contribution in [-0.4, -0.2) is 17.7 Å². The van der Waals surface area contributed by atoms with Gasteiger partial charge < -0.3 is 9.84 Å². The van der Waals surface area contributed by atoms with Crippen molar-refractivity contribution in [1.29, 1.82) is 0 Å². The van der Waals surface area contributed by atoms with Crippen LogP contribution in [0.25, 0.3) is 0 Å². The molecule has 0 aliphatic carbocycles. The predicted molar refractivity (Wildman–Crippen MR) is 58.2 cm³/mol. The summed E-state index contributed by atoms with van der Waals surface area (Å²) in [5.74, 6) is -1.35. The molecule has 0 spiro atoms. The van der Waals surface area contributed by atoms with Crippen molar-refractivity contribution >= 4 is 5.97 Å². The van der Waals surface area contributed by atoms with Crippen molar-refractivity contribution in [3.8, 4) is 5.75 Å². The first kappa shape index (κ1) is 12.5. The molecule has 0 saturated heterocycles. The van der Waals surface area contributed by atoms with E-state index in [1.165, 1.54) is 6.07 Å². The van der Waals surface area contributed by atoms with Crippen LogP contribution in [0, 0.1) is 5.82 Å². The minimum absolute atomic E-state index is 0.000185. The van der Waals surface area contributed by atoms with Gasteiger partial charge in [0.15, 0.2) is 18.2 Å². The molecule has 88 valence electrons. The Balaban J connectivity index is 2.86. The van der Waals surface area contributed by atoms with Crippen LogP contribution in [0.4, 0.5) is 4.39 Å². The molecule has 1 aromatic rings. The second-order valence-electron chi connectivity index (χ2n) is 3.68. The number of carboxylic acid groups (broad SMARTS) is 1. The number of aliphatic carboxylic acids is 1. The molecular weight excluding hydrogens is 211 g/mol. The Labute approximate surface area is 93.9 Å². The third-order valence-corrected chi connectivity index (χ3v) is 2.49. The molecule has 0 radical (unpaired) electrons. The highest BCUT2D eigenvalue weighted by molar-refractivity contribution is 5.68. The summed E-state index contributed by atoms with van der Waals surface area (Å²) < 4.78 is 18.1. The molecule has 1 unspecified atom stereocenters. The summed E-state index contributed by atoms with van der Waals surface area (Å²) in [4.78, 5) is 10.3. The van der Waals surface area contributed by atoms with E-state index in [1.54, 1.807) is 12.1 Å². The van der Waals surface area contributed by atoms with Crippen molar-refractivity contribution < 1.29 is 19.0 Å². The minimum Gasteiger partial charge on any atom is -0.479 e. The van der Waals surface area contributed by atoms with E-state index >= 15 is 0 Å². The number of carboxylic acids is 1. The number of carbonyl (C=O) groups is 1. The smallest absolute Gasteiger partial charge is 0.341 e. The van der Waals surface area contributed by atoms with Gasteiger partial charge in [0, 0.05) is 0 Å². The van der Waals surface area contributed by atoms with Crippen molar-refractivity contribution in [2.45, 2.75) is 26.2 Å². The lowest BCUT2D eigenvalue weighted by atomic mass is 9.98. The van der Waals surface area contributed by atoms with Crippen molar-refractivity contribution in [2.75, 3.05) is 6.61 Å². The number of benzene rings is 1. The standard InChI is InChI=1S/C12H15FO3/c1-3-8(2)9-4-5-10(13)11(6-9)16-7-12(14)15/h4-6,8H,3,7H2,1-2H3,(H,14,15). The van der Waals surface area contributed by atoms with Gasteiger partial charge in [0.2, 0.25) is 0 Å². The summed E-state index contributed by atoms with van der Waals surface area (Å²) in [5, 5.41) is 8.44. The van der Waals surface area contributed by atoms with Crippen molar-refractivity contribution in [1.82, 2.24) is 0 Å².